The first kappa shape index (κ1) is 10.2. The number of amides is 2. The Kier molecular flexibility index (Phi) is 3.05. The van der Waals surface area contributed by atoms with Crippen LogP contribution < -0.4 is 10.6 Å². The molecule has 6 heteroatoms. The van der Waals surface area contributed by atoms with E-state index in [-0.39, 0.29) is 12.0 Å². The molecule has 1 unspecified atom stereocenters. The highest BCUT2D eigenvalue weighted by Crippen LogP contribution is 2.08. The summed E-state index contributed by atoms with van der Waals surface area (Å²) in [4.78, 5) is 24.4. The molecule has 0 aromatic rings. The summed E-state index contributed by atoms with van der Waals surface area (Å²) in [6.45, 7) is 3.45. The van der Waals surface area contributed by atoms with Crippen LogP contribution in [0.15, 0.2) is 0 Å². The number of nitrogens with one attached hydrogen (secondary N) is 2. The number of hydrogen-bond donors (Lipinski definition) is 2. The molecule has 2 N–H and O–H groups in total. The fourth-order valence-corrected chi connectivity index (χ4v) is 1.73. The number of nitrogens with zero attached hydrogens (tertiary/aromatic N) is 1. The van der Waals surface area contributed by atoms with Crippen LogP contribution in [-0.2, 0) is 9.53 Å². The topological polar surface area (TPSA) is 70.7 Å². The SMILES string of the molecule is O=C1NCCC1OC(=O)N1CCNCC1. The Labute approximate surface area is 87.9 Å². The van der Waals surface area contributed by atoms with Gasteiger partial charge in [-0.25, -0.2) is 4.79 Å². The van der Waals surface area contributed by atoms with Gasteiger partial charge in [0.2, 0.25) is 0 Å². The van der Waals surface area contributed by atoms with Crippen molar-refractivity contribution >= 4 is 12.0 Å². The van der Waals surface area contributed by atoms with Gasteiger partial charge in [-0.3, -0.25) is 4.79 Å². The summed E-state index contributed by atoms with van der Waals surface area (Å²) in [5.41, 5.74) is 0. The minimum atomic E-state index is -0.590. The number of piperazine rings is 1. The molecular formula is C9H15N3O3. The highest BCUT2D eigenvalue weighted by molar-refractivity contribution is 5.85. The van der Waals surface area contributed by atoms with Crippen molar-refractivity contribution < 1.29 is 14.3 Å². The first-order valence-corrected chi connectivity index (χ1v) is 5.21. The zero-order valence-electron chi connectivity index (χ0n) is 8.49. The van der Waals surface area contributed by atoms with E-state index in [0.717, 1.165) is 13.1 Å². The molecule has 0 bridgehead atoms. The van der Waals surface area contributed by atoms with Crippen molar-refractivity contribution in [2.45, 2.75) is 12.5 Å². The zero-order chi connectivity index (χ0) is 10.7. The molecule has 2 heterocycles. The van der Waals surface area contributed by atoms with Gasteiger partial charge >= 0.3 is 6.09 Å². The van der Waals surface area contributed by atoms with Crippen molar-refractivity contribution in [1.82, 2.24) is 15.5 Å². The first-order chi connectivity index (χ1) is 7.27. The van der Waals surface area contributed by atoms with E-state index in [4.69, 9.17) is 4.74 Å². The van der Waals surface area contributed by atoms with Gasteiger partial charge in [-0.15, -0.1) is 0 Å². The van der Waals surface area contributed by atoms with Gasteiger partial charge < -0.3 is 20.3 Å². The smallest absolute Gasteiger partial charge is 0.410 e. The molecule has 0 saturated carbocycles. The monoisotopic (exact) mass is 213 g/mol. The van der Waals surface area contributed by atoms with E-state index >= 15 is 0 Å². The maximum absolute atomic E-state index is 11.6. The molecule has 6 nitrogen and oxygen atoms in total. The van der Waals surface area contributed by atoms with Crippen molar-refractivity contribution in [1.29, 1.82) is 0 Å². The molecule has 0 aromatic heterocycles. The van der Waals surface area contributed by atoms with E-state index < -0.39 is 6.10 Å². The lowest BCUT2D eigenvalue weighted by Gasteiger charge is -2.27. The summed E-state index contributed by atoms with van der Waals surface area (Å²) in [5, 5.41) is 5.77. The molecule has 2 amide bonds. The van der Waals surface area contributed by atoms with Crippen LogP contribution in [0.4, 0.5) is 4.79 Å². The summed E-state index contributed by atoms with van der Waals surface area (Å²) < 4.78 is 5.11. The molecule has 0 spiro atoms. The van der Waals surface area contributed by atoms with Crippen molar-refractivity contribution in [3.05, 3.63) is 0 Å². The maximum atomic E-state index is 11.6. The Morgan fingerprint density at radius 1 is 1.33 bits per heavy atom. The van der Waals surface area contributed by atoms with Gasteiger partial charge in [-0.05, 0) is 0 Å². The van der Waals surface area contributed by atoms with Crippen molar-refractivity contribution in [2.24, 2.45) is 0 Å². The maximum Gasteiger partial charge on any atom is 0.410 e. The third-order valence-corrected chi connectivity index (χ3v) is 2.62. The third kappa shape index (κ3) is 2.38. The predicted molar refractivity (Wildman–Crippen MR) is 52.3 cm³/mol. The highest BCUT2D eigenvalue weighted by atomic mass is 16.6. The molecule has 2 rings (SSSR count). The zero-order valence-corrected chi connectivity index (χ0v) is 8.49. The van der Waals surface area contributed by atoms with Crippen LogP contribution in [0.25, 0.3) is 0 Å². The minimum absolute atomic E-state index is 0.182. The van der Waals surface area contributed by atoms with Gasteiger partial charge in [0.25, 0.3) is 5.91 Å². The molecule has 15 heavy (non-hydrogen) atoms. The van der Waals surface area contributed by atoms with E-state index in [0.29, 0.717) is 26.1 Å². The summed E-state index contributed by atoms with van der Waals surface area (Å²) in [5.74, 6) is -0.182. The summed E-state index contributed by atoms with van der Waals surface area (Å²) in [7, 11) is 0. The Bertz CT molecular complexity index is 263. The highest BCUT2D eigenvalue weighted by Gasteiger charge is 2.29. The van der Waals surface area contributed by atoms with Crippen LogP contribution in [0.3, 0.4) is 0 Å². The summed E-state index contributed by atoms with van der Waals surface area (Å²) in [6, 6.07) is 0. The number of rotatable bonds is 1. The quantitative estimate of drug-likeness (QED) is 0.581. The molecular weight excluding hydrogens is 198 g/mol. The van der Waals surface area contributed by atoms with Gasteiger partial charge in [0, 0.05) is 39.1 Å². The molecule has 2 saturated heterocycles. The Balaban J connectivity index is 1.82. The molecule has 1 atom stereocenters. The Morgan fingerprint density at radius 2 is 2.07 bits per heavy atom. The Hall–Kier alpha value is -1.30. The van der Waals surface area contributed by atoms with Crippen LogP contribution in [0, 0.1) is 0 Å². The lowest BCUT2D eigenvalue weighted by atomic mass is 10.3. The molecule has 2 aliphatic rings. The van der Waals surface area contributed by atoms with Crippen LogP contribution in [-0.4, -0.2) is 55.7 Å². The van der Waals surface area contributed by atoms with Crippen molar-refractivity contribution in [3.8, 4) is 0 Å². The molecule has 0 aromatic carbocycles. The number of hydrogen-bond acceptors (Lipinski definition) is 4. The van der Waals surface area contributed by atoms with E-state index in [1.165, 1.54) is 0 Å². The summed E-state index contributed by atoms with van der Waals surface area (Å²) in [6.07, 6.45) is -0.387. The fourth-order valence-electron chi connectivity index (χ4n) is 1.73. The second kappa shape index (κ2) is 4.48. The predicted octanol–water partition coefficient (Wildman–Crippen LogP) is -1.08. The van der Waals surface area contributed by atoms with Crippen LogP contribution >= 0.6 is 0 Å². The normalized spacial score (nSPS) is 26.3. The number of ether oxygens (including phenoxy) is 1. The summed E-state index contributed by atoms with van der Waals surface area (Å²) >= 11 is 0. The van der Waals surface area contributed by atoms with Crippen molar-refractivity contribution in [3.63, 3.8) is 0 Å². The van der Waals surface area contributed by atoms with Crippen LogP contribution in [0.1, 0.15) is 6.42 Å². The van der Waals surface area contributed by atoms with E-state index in [2.05, 4.69) is 10.6 Å². The molecule has 0 aliphatic carbocycles. The number of carbonyl (C=O) groups is 2. The van der Waals surface area contributed by atoms with E-state index in [9.17, 15) is 9.59 Å². The van der Waals surface area contributed by atoms with Gasteiger partial charge in [0.05, 0.1) is 0 Å². The van der Waals surface area contributed by atoms with Gasteiger partial charge in [-0.2, -0.15) is 0 Å². The molecule has 0 radical (unpaired) electrons. The van der Waals surface area contributed by atoms with Crippen molar-refractivity contribution in [2.75, 3.05) is 32.7 Å². The van der Waals surface area contributed by atoms with E-state index in [1.807, 2.05) is 0 Å². The lowest BCUT2D eigenvalue weighted by molar-refractivity contribution is -0.126. The molecule has 84 valence electrons. The molecule has 2 fully saturated rings. The van der Waals surface area contributed by atoms with E-state index in [1.54, 1.807) is 4.90 Å². The van der Waals surface area contributed by atoms with Gasteiger partial charge in [0.1, 0.15) is 0 Å². The van der Waals surface area contributed by atoms with Crippen LogP contribution in [0.2, 0.25) is 0 Å². The van der Waals surface area contributed by atoms with Gasteiger partial charge in [-0.1, -0.05) is 0 Å². The molecule has 2 aliphatic heterocycles. The lowest BCUT2D eigenvalue weighted by Crippen LogP contribution is -2.47. The standard InChI is InChI=1S/C9H15N3O3/c13-8-7(1-2-11-8)15-9(14)12-5-3-10-4-6-12/h7,10H,1-6H2,(H,11,13). The Morgan fingerprint density at radius 3 is 2.67 bits per heavy atom. The third-order valence-electron chi connectivity index (χ3n) is 2.62. The minimum Gasteiger partial charge on any atom is -0.436 e. The first-order valence-electron chi connectivity index (χ1n) is 5.21. The fraction of sp³-hybridized carbons (Fsp3) is 0.778. The average Bonchev–Trinajstić information content (AvgIpc) is 2.66. The largest absolute Gasteiger partial charge is 0.436 e. The number of carbonyl (C=O) groups excluding carboxylic acids is 2. The van der Waals surface area contributed by atoms with Gasteiger partial charge in [0.15, 0.2) is 6.10 Å². The van der Waals surface area contributed by atoms with Crippen LogP contribution in [0.5, 0.6) is 0 Å². The average molecular weight is 213 g/mol. The second-order valence-corrected chi connectivity index (χ2v) is 3.69. The second-order valence-electron chi connectivity index (χ2n) is 3.69.